The molecule has 0 aliphatic carbocycles. The van der Waals surface area contributed by atoms with Crippen molar-refractivity contribution in [3.8, 4) is 6.07 Å². The van der Waals surface area contributed by atoms with Crippen molar-refractivity contribution in [2.75, 3.05) is 5.33 Å². The van der Waals surface area contributed by atoms with Gasteiger partial charge >= 0.3 is 0 Å². The Balaban J connectivity index is 2.73. The zero-order valence-electron chi connectivity index (χ0n) is 7.66. The van der Waals surface area contributed by atoms with E-state index in [0.717, 1.165) is 5.56 Å². The van der Waals surface area contributed by atoms with Gasteiger partial charge in [0.25, 0.3) is 0 Å². The van der Waals surface area contributed by atoms with E-state index in [9.17, 15) is 4.79 Å². The van der Waals surface area contributed by atoms with Crippen LogP contribution >= 0.6 is 15.9 Å². The summed E-state index contributed by atoms with van der Waals surface area (Å²) < 4.78 is 0. The number of nitrogens with zero attached hydrogens (tertiary/aromatic N) is 1. The van der Waals surface area contributed by atoms with Gasteiger partial charge in [-0.25, -0.2) is 0 Å². The van der Waals surface area contributed by atoms with Gasteiger partial charge in [0, 0.05) is 17.3 Å². The molecule has 0 bridgehead atoms. The van der Waals surface area contributed by atoms with E-state index in [4.69, 9.17) is 5.26 Å². The van der Waals surface area contributed by atoms with Crippen molar-refractivity contribution < 1.29 is 4.79 Å². The topological polar surface area (TPSA) is 40.9 Å². The zero-order valence-corrected chi connectivity index (χ0v) is 9.25. The molecule has 14 heavy (non-hydrogen) atoms. The molecule has 0 amide bonds. The van der Waals surface area contributed by atoms with E-state index in [-0.39, 0.29) is 5.78 Å². The summed E-state index contributed by atoms with van der Waals surface area (Å²) in [5, 5.41) is 9.15. The fourth-order valence-electron chi connectivity index (χ4n) is 1.13. The highest BCUT2D eigenvalue weighted by atomic mass is 79.9. The molecule has 0 fully saturated rings. The van der Waals surface area contributed by atoms with E-state index in [1.165, 1.54) is 0 Å². The van der Waals surface area contributed by atoms with Gasteiger partial charge in [-0.1, -0.05) is 40.2 Å². The average Bonchev–Trinajstić information content (AvgIpc) is 2.20. The quantitative estimate of drug-likeness (QED) is 0.610. The van der Waals surface area contributed by atoms with Gasteiger partial charge < -0.3 is 0 Å². The largest absolute Gasteiger partial charge is 0.294 e. The highest BCUT2D eigenvalue weighted by molar-refractivity contribution is 9.09. The van der Waals surface area contributed by atoms with Crippen molar-refractivity contribution in [3.63, 3.8) is 0 Å². The van der Waals surface area contributed by atoms with E-state index >= 15 is 0 Å². The van der Waals surface area contributed by atoms with Gasteiger partial charge in [0.1, 0.15) is 0 Å². The molecule has 0 aromatic heterocycles. The fourth-order valence-corrected chi connectivity index (χ4v) is 1.49. The number of nitriles is 1. The molecule has 0 spiro atoms. The molecular weight excluding hydrogens is 242 g/mol. The summed E-state index contributed by atoms with van der Waals surface area (Å²) in [5.41, 5.74) is 1.66. The minimum atomic E-state index is 0.130. The summed E-state index contributed by atoms with van der Waals surface area (Å²) in [6.07, 6.45) is 0.907. The maximum Gasteiger partial charge on any atom is 0.163 e. The fraction of sp³-hybridized carbons (Fsp3) is 0.273. The SMILES string of the molecule is N#CCc1ccc(C(=O)CCBr)cc1. The van der Waals surface area contributed by atoms with Crippen LogP contribution in [0, 0.1) is 11.3 Å². The van der Waals surface area contributed by atoms with Crippen LogP contribution in [0.1, 0.15) is 22.3 Å². The van der Waals surface area contributed by atoms with Gasteiger partial charge in [-0.3, -0.25) is 4.79 Å². The first-order chi connectivity index (χ1) is 6.77. The summed E-state index contributed by atoms with van der Waals surface area (Å²) in [5.74, 6) is 0.130. The maximum absolute atomic E-state index is 11.4. The van der Waals surface area contributed by atoms with Crippen LogP contribution in [0.5, 0.6) is 0 Å². The van der Waals surface area contributed by atoms with Crippen LogP contribution in [0.3, 0.4) is 0 Å². The monoisotopic (exact) mass is 251 g/mol. The minimum absolute atomic E-state index is 0.130. The number of hydrogen-bond donors (Lipinski definition) is 0. The van der Waals surface area contributed by atoms with Crippen LogP contribution in [0.2, 0.25) is 0 Å². The highest BCUT2D eigenvalue weighted by Gasteiger charge is 2.03. The lowest BCUT2D eigenvalue weighted by Gasteiger charge is -1.99. The smallest absolute Gasteiger partial charge is 0.163 e. The first-order valence-corrected chi connectivity index (χ1v) is 5.45. The molecule has 0 aliphatic heterocycles. The molecule has 1 rings (SSSR count). The van der Waals surface area contributed by atoms with Gasteiger partial charge in [0.2, 0.25) is 0 Å². The number of alkyl halides is 1. The average molecular weight is 252 g/mol. The van der Waals surface area contributed by atoms with Crippen LogP contribution in [-0.2, 0) is 6.42 Å². The lowest BCUT2D eigenvalue weighted by Crippen LogP contribution is -1.99. The number of rotatable bonds is 4. The Morgan fingerprint density at radius 3 is 2.50 bits per heavy atom. The Hall–Kier alpha value is -1.14. The maximum atomic E-state index is 11.4. The van der Waals surface area contributed by atoms with Gasteiger partial charge in [-0.15, -0.1) is 0 Å². The summed E-state index contributed by atoms with van der Waals surface area (Å²) >= 11 is 3.22. The molecule has 1 aromatic rings. The minimum Gasteiger partial charge on any atom is -0.294 e. The van der Waals surface area contributed by atoms with Crippen molar-refractivity contribution >= 4 is 21.7 Å². The van der Waals surface area contributed by atoms with Crippen molar-refractivity contribution in [1.82, 2.24) is 0 Å². The molecule has 0 radical (unpaired) electrons. The zero-order chi connectivity index (χ0) is 10.4. The highest BCUT2D eigenvalue weighted by Crippen LogP contribution is 2.08. The van der Waals surface area contributed by atoms with Crippen LogP contribution < -0.4 is 0 Å². The molecule has 0 saturated carbocycles. The Bertz CT molecular complexity index is 351. The molecule has 3 heteroatoms. The first-order valence-electron chi connectivity index (χ1n) is 4.33. The second-order valence-electron chi connectivity index (χ2n) is 2.89. The molecule has 0 aliphatic rings. The standard InChI is InChI=1S/C11H10BrNO/c12-7-5-11(14)10-3-1-9(2-4-10)6-8-13/h1-4H,5-7H2. The Labute approximate surface area is 91.7 Å². The van der Waals surface area contributed by atoms with E-state index in [1.807, 2.05) is 12.1 Å². The van der Waals surface area contributed by atoms with Crippen molar-refractivity contribution in [1.29, 1.82) is 5.26 Å². The number of halogens is 1. The van der Waals surface area contributed by atoms with Gasteiger partial charge in [-0.2, -0.15) is 5.26 Å². The number of benzene rings is 1. The number of carbonyl (C=O) groups excluding carboxylic acids is 1. The van der Waals surface area contributed by atoms with Gasteiger partial charge in [0.15, 0.2) is 5.78 Å². The lowest BCUT2D eigenvalue weighted by molar-refractivity contribution is 0.0990. The third-order valence-electron chi connectivity index (χ3n) is 1.88. The predicted octanol–water partition coefficient (Wildman–Crippen LogP) is 2.72. The third-order valence-corrected chi connectivity index (χ3v) is 2.28. The molecular formula is C11H10BrNO. The normalized spacial score (nSPS) is 9.43. The summed E-state index contributed by atoms with van der Waals surface area (Å²) in [6.45, 7) is 0. The first kappa shape index (κ1) is 10.9. The second-order valence-corrected chi connectivity index (χ2v) is 3.69. The molecule has 72 valence electrons. The van der Waals surface area contributed by atoms with Crippen molar-refractivity contribution in [3.05, 3.63) is 35.4 Å². The van der Waals surface area contributed by atoms with Crippen molar-refractivity contribution in [2.45, 2.75) is 12.8 Å². The molecule has 2 nitrogen and oxygen atoms in total. The van der Waals surface area contributed by atoms with E-state index in [1.54, 1.807) is 12.1 Å². The van der Waals surface area contributed by atoms with E-state index in [2.05, 4.69) is 22.0 Å². The molecule has 0 heterocycles. The molecule has 0 atom stereocenters. The summed E-state index contributed by atoms with van der Waals surface area (Å²) in [6, 6.07) is 9.26. The Kier molecular flexibility index (Phi) is 4.34. The molecule has 0 N–H and O–H groups in total. The van der Waals surface area contributed by atoms with E-state index < -0.39 is 0 Å². The lowest BCUT2D eigenvalue weighted by atomic mass is 10.1. The Morgan fingerprint density at radius 1 is 1.36 bits per heavy atom. The summed E-state index contributed by atoms with van der Waals surface area (Å²) in [4.78, 5) is 11.4. The van der Waals surface area contributed by atoms with Crippen LogP contribution in [0.15, 0.2) is 24.3 Å². The van der Waals surface area contributed by atoms with Crippen molar-refractivity contribution in [2.24, 2.45) is 0 Å². The summed E-state index contributed by atoms with van der Waals surface area (Å²) in [7, 11) is 0. The van der Waals surface area contributed by atoms with Crippen LogP contribution in [0.25, 0.3) is 0 Å². The number of hydrogen-bond acceptors (Lipinski definition) is 2. The number of Topliss-reactive ketones (excluding diaryl/α,β-unsaturated/α-hetero) is 1. The molecule has 0 saturated heterocycles. The van der Waals surface area contributed by atoms with Crippen LogP contribution in [-0.4, -0.2) is 11.1 Å². The Morgan fingerprint density at radius 2 is 2.00 bits per heavy atom. The van der Waals surface area contributed by atoms with Gasteiger partial charge in [0.05, 0.1) is 12.5 Å². The molecule has 1 aromatic carbocycles. The van der Waals surface area contributed by atoms with Crippen LogP contribution in [0.4, 0.5) is 0 Å². The van der Waals surface area contributed by atoms with Gasteiger partial charge in [-0.05, 0) is 5.56 Å². The molecule has 0 unspecified atom stereocenters. The number of carbonyl (C=O) groups is 1. The third kappa shape index (κ3) is 2.97. The predicted molar refractivity (Wildman–Crippen MR) is 58.5 cm³/mol. The van der Waals surface area contributed by atoms with E-state index in [0.29, 0.717) is 23.7 Å². The second kappa shape index (κ2) is 5.56. The number of ketones is 1.